The molecule has 0 aliphatic heterocycles. The lowest BCUT2D eigenvalue weighted by Crippen LogP contribution is -2.51. The zero-order valence-corrected chi connectivity index (χ0v) is 20.4. The van der Waals surface area contributed by atoms with Crippen LogP contribution < -0.4 is 20.1 Å². The van der Waals surface area contributed by atoms with Crippen molar-refractivity contribution in [3.63, 3.8) is 0 Å². The first-order valence-corrected chi connectivity index (χ1v) is 10.9. The van der Waals surface area contributed by atoms with Gasteiger partial charge in [-0.1, -0.05) is 43.1 Å². The summed E-state index contributed by atoms with van der Waals surface area (Å²) >= 11 is 12.0. The minimum Gasteiger partial charge on any atom is -0.493 e. The number of hydrogen-bond donors (Lipinski definition) is 2. The Balaban J connectivity index is 2.00. The second kappa shape index (κ2) is 11.8. The molecule has 3 amide bonds. The minimum atomic E-state index is -0.698. The van der Waals surface area contributed by atoms with Crippen molar-refractivity contribution in [2.75, 3.05) is 33.1 Å². The van der Waals surface area contributed by atoms with Crippen LogP contribution in [0.4, 0.5) is 10.5 Å². The van der Waals surface area contributed by atoms with Crippen molar-refractivity contribution in [1.82, 2.24) is 10.2 Å². The van der Waals surface area contributed by atoms with Crippen LogP contribution in [0.25, 0.3) is 0 Å². The third kappa shape index (κ3) is 6.93. The summed E-state index contributed by atoms with van der Waals surface area (Å²) in [5.41, 5.74) is 1.41. The third-order valence-corrected chi connectivity index (χ3v) is 5.51. The molecule has 2 aromatic rings. The van der Waals surface area contributed by atoms with Gasteiger partial charge in [0.1, 0.15) is 6.04 Å². The van der Waals surface area contributed by atoms with Crippen molar-refractivity contribution in [2.45, 2.75) is 26.3 Å². The molecule has 2 rings (SSSR count). The van der Waals surface area contributed by atoms with Crippen LogP contribution in [0.1, 0.15) is 19.4 Å². The second-order valence-electron chi connectivity index (χ2n) is 7.64. The van der Waals surface area contributed by atoms with Crippen molar-refractivity contribution in [2.24, 2.45) is 5.92 Å². The molecule has 0 aliphatic rings. The SMILES string of the molecule is COc1ccc(CCN(C)C(=O)C(NC(=O)Nc2ccc(Cl)cc2Cl)C(C)C)cc1OC. The van der Waals surface area contributed by atoms with Crippen LogP contribution in [0.3, 0.4) is 0 Å². The zero-order chi connectivity index (χ0) is 23.8. The molecule has 0 aliphatic carbocycles. The van der Waals surface area contributed by atoms with Crippen molar-refractivity contribution in [1.29, 1.82) is 0 Å². The average Bonchev–Trinajstić information content (AvgIpc) is 2.76. The van der Waals surface area contributed by atoms with Crippen LogP contribution in [-0.4, -0.2) is 50.7 Å². The molecule has 1 atom stereocenters. The van der Waals surface area contributed by atoms with Gasteiger partial charge in [-0.15, -0.1) is 0 Å². The number of hydrogen-bond acceptors (Lipinski definition) is 4. The lowest BCUT2D eigenvalue weighted by Gasteiger charge is -2.27. The van der Waals surface area contributed by atoms with E-state index in [9.17, 15) is 9.59 Å². The lowest BCUT2D eigenvalue weighted by atomic mass is 10.0. The molecule has 0 bridgehead atoms. The first-order valence-electron chi connectivity index (χ1n) is 10.1. The van der Waals surface area contributed by atoms with E-state index in [1.54, 1.807) is 38.3 Å². The number of carbonyl (C=O) groups excluding carboxylic acids is 2. The number of nitrogens with one attached hydrogen (secondary N) is 2. The van der Waals surface area contributed by atoms with Gasteiger partial charge in [0.2, 0.25) is 5.91 Å². The maximum absolute atomic E-state index is 13.0. The quantitative estimate of drug-likeness (QED) is 0.535. The van der Waals surface area contributed by atoms with Crippen LogP contribution >= 0.6 is 23.2 Å². The summed E-state index contributed by atoms with van der Waals surface area (Å²) in [7, 11) is 4.88. The number of nitrogens with zero attached hydrogens (tertiary/aromatic N) is 1. The van der Waals surface area contributed by atoms with Gasteiger partial charge in [-0.05, 0) is 48.2 Å². The van der Waals surface area contributed by atoms with E-state index < -0.39 is 12.1 Å². The summed E-state index contributed by atoms with van der Waals surface area (Å²) in [6, 6.07) is 9.19. The van der Waals surface area contributed by atoms with Gasteiger partial charge in [0.05, 0.1) is 24.9 Å². The molecule has 7 nitrogen and oxygen atoms in total. The van der Waals surface area contributed by atoms with E-state index in [1.165, 1.54) is 6.07 Å². The third-order valence-electron chi connectivity index (χ3n) is 4.96. The zero-order valence-electron chi connectivity index (χ0n) is 18.9. The van der Waals surface area contributed by atoms with Crippen LogP contribution in [0.5, 0.6) is 11.5 Å². The fraction of sp³-hybridized carbons (Fsp3) is 0.391. The van der Waals surface area contributed by atoms with Gasteiger partial charge < -0.3 is 25.0 Å². The van der Waals surface area contributed by atoms with Crippen molar-refractivity contribution < 1.29 is 19.1 Å². The summed E-state index contributed by atoms with van der Waals surface area (Å²) in [5, 5.41) is 6.19. The molecular formula is C23H29Cl2N3O4. The highest BCUT2D eigenvalue weighted by Gasteiger charge is 2.27. The molecule has 2 aromatic carbocycles. The van der Waals surface area contributed by atoms with E-state index in [4.69, 9.17) is 32.7 Å². The number of carbonyl (C=O) groups is 2. The Morgan fingerprint density at radius 1 is 1.03 bits per heavy atom. The standard InChI is InChI=1S/C23H29Cl2N3O4/c1-14(2)21(27-23(30)26-18-8-7-16(24)13-17(18)25)22(29)28(3)11-10-15-6-9-19(31-4)20(12-15)32-5/h6-9,12-14,21H,10-11H2,1-5H3,(H2,26,27,30). The van der Waals surface area contributed by atoms with Crippen LogP contribution in [0.15, 0.2) is 36.4 Å². The topological polar surface area (TPSA) is 79.9 Å². The fourth-order valence-corrected chi connectivity index (χ4v) is 3.54. The number of halogens is 2. The number of urea groups is 1. The highest BCUT2D eigenvalue weighted by molar-refractivity contribution is 6.36. The lowest BCUT2D eigenvalue weighted by molar-refractivity contribution is -0.132. The fourth-order valence-electron chi connectivity index (χ4n) is 3.08. The Labute approximate surface area is 199 Å². The number of anilines is 1. The van der Waals surface area contributed by atoms with E-state index in [2.05, 4.69) is 10.6 Å². The average molecular weight is 482 g/mol. The number of methoxy groups -OCH3 is 2. The molecule has 0 aromatic heterocycles. The summed E-state index contributed by atoms with van der Waals surface area (Å²) in [6.07, 6.45) is 0.625. The summed E-state index contributed by atoms with van der Waals surface area (Å²) < 4.78 is 10.6. The smallest absolute Gasteiger partial charge is 0.319 e. The molecular weight excluding hydrogens is 453 g/mol. The van der Waals surface area contributed by atoms with Gasteiger partial charge in [0.25, 0.3) is 0 Å². The van der Waals surface area contributed by atoms with E-state index >= 15 is 0 Å². The normalized spacial score (nSPS) is 11.6. The molecule has 0 heterocycles. The summed E-state index contributed by atoms with van der Waals surface area (Å²) in [4.78, 5) is 27.1. The van der Waals surface area contributed by atoms with Gasteiger partial charge in [0.15, 0.2) is 11.5 Å². The van der Waals surface area contributed by atoms with E-state index in [0.29, 0.717) is 40.2 Å². The number of rotatable bonds is 9. The summed E-state index contributed by atoms with van der Waals surface area (Å²) in [5.74, 6) is 0.991. The molecule has 0 spiro atoms. The predicted octanol–water partition coefficient (Wildman–Crippen LogP) is 4.86. The highest BCUT2D eigenvalue weighted by Crippen LogP contribution is 2.28. The molecule has 0 radical (unpaired) electrons. The monoisotopic (exact) mass is 481 g/mol. The maximum Gasteiger partial charge on any atom is 0.319 e. The van der Waals surface area contributed by atoms with Gasteiger partial charge in [-0.2, -0.15) is 0 Å². The number of benzene rings is 2. The number of ether oxygens (including phenoxy) is 2. The minimum absolute atomic E-state index is 0.113. The molecule has 1 unspecified atom stereocenters. The first-order chi connectivity index (χ1) is 15.2. The molecule has 0 fully saturated rings. The molecule has 0 saturated heterocycles. The van der Waals surface area contributed by atoms with Crippen LogP contribution in [0.2, 0.25) is 10.0 Å². The van der Waals surface area contributed by atoms with Crippen molar-refractivity contribution in [3.8, 4) is 11.5 Å². The Morgan fingerprint density at radius 3 is 2.31 bits per heavy atom. The van der Waals surface area contributed by atoms with Gasteiger partial charge >= 0.3 is 6.03 Å². The van der Waals surface area contributed by atoms with E-state index in [1.807, 2.05) is 32.0 Å². The first kappa shape index (κ1) is 25.6. The molecule has 2 N–H and O–H groups in total. The second-order valence-corrected chi connectivity index (χ2v) is 8.49. The van der Waals surface area contributed by atoms with Gasteiger partial charge in [-0.3, -0.25) is 4.79 Å². The van der Waals surface area contributed by atoms with Crippen LogP contribution in [-0.2, 0) is 11.2 Å². The molecule has 174 valence electrons. The van der Waals surface area contributed by atoms with Crippen molar-refractivity contribution in [3.05, 3.63) is 52.0 Å². The number of amides is 3. The van der Waals surface area contributed by atoms with Crippen molar-refractivity contribution >= 4 is 40.8 Å². The summed E-state index contributed by atoms with van der Waals surface area (Å²) in [6.45, 7) is 4.23. The molecule has 32 heavy (non-hydrogen) atoms. The Hall–Kier alpha value is -2.64. The maximum atomic E-state index is 13.0. The Kier molecular flexibility index (Phi) is 9.47. The van der Waals surface area contributed by atoms with Crippen LogP contribution in [0, 0.1) is 5.92 Å². The van der Waals surface area contributed by atoms with Gasteiger partial charge in [-0.25, -0.2) is 4.79 Å². The Bertz CT molecular complexity index is 953. The van der Waals surface area contributed by atoms with E-state index in [0.717, 1.165) is 5.56 Å². The van der Waals surface area contributed by atoms with Gasteiger partial charge in [0, 0.05) is 18.6 Å². The molecule has 0 saturated carbocycles. The number of likely N-dealkylation sites (N-methyl/N-ethyl adjacent to an activating group) is 1. The highest BCUT2D eigenvalue weighted by atomic mass is 35.5. The Morgan fingerprint density at radius 2 is 1.72 bits per heavy atom. The van der Waals surface area contributed by atoms with E-state index in [-0.39, 0.29) is 11.8 Å². The molecule has 9 heteroatoms. The largest absolute Gasteiger partial charge is 0.493 e. The predicted molar refractivity (Wildman–Crippen MR) is 128 cm³/mol.